The first kappa shape index (κ1) is 25.4. The Kier molecular flexibility index (Phi) is 6.71. The van der Waals surface area contributed by atoms with Crippen LogP contribution in [-0.2, 0) is 0 Å². The molecule has 39 heavy (non-hydrogen) atoms. The van der Waals surface area contributed by atoms with E-state index in [4.69, 9.17) is 0 Å². The van der Waals surface area contributed by atoms with E-state index in [-0.39, 0.29) is 5.75 Å². The number of anilines is 2. The number of amides is 2. The fraction of sp³-hybridized carbons (Fsp3) is 0.0769. The highest BCUT2D eigenvalue weighted by Gasteiger charge is 2.31. The van der Waals surface area contributed by atoms with Crippen molar-refractivity contribution >= 4 is 17.5 Å². The number of halogens is 4. The van der Waals surface area contributed by atoms with Crippen LogP contribution in [0.4, 0.5) is 33.9 Å². The van der Waals surface area contributed by atoms with Crippen molar-refractivity contribution < 1.29 is 27.1 Å². The maximum absolute atomic E-state index is 13.7. The van der Waals surface area contributed by atoms with E-state index in [1.807, 2.05) is 6.92 Å². The standard InChI is InChI=1S/C26H19F4N7O2/c1-16-2-5-18(27)14-22(16)37-23(12-13-32-37)34-25(38)33-19-6-3-17(4-7-19)24-31-15-36(35-24)20-8-10-21(11-9-20)39-26(28,29)30/h2-15H,1H3,(H2,33,34,38). The molecule has 0 aliphatic rings. The lowest BCUT2D eigenvalue weighted by Crippen LogP contribution is -2.21. The minimum Gasteiger partial charge on any atom is -0.406 e. The highest BCUT2D eigenvalue weighted by Crippen LogP contribution is 2.25. The lowest BCUT2D eigenvalue weighted by Gasteiger charge is -2.12. The van der Waals surface area contributed by atoms with Crippen molar-refractivity contribution in [1.82, 2.24) is 24.5 Å². The van der Waals surface area contributed by atoms with Gasteiger partial charge in [-0.3, -0.25) is 5.32 Å². The van der Waals surface area contributed by atoms with Crippen molar-refractivity contribution in [3.05, 3.63) is 96.7 Å². The van der Waals surface area contributed by atoms with E-state index < -0.39 is 18.2 Å². The predicted molar refractivity (Wildman–Crippen MR) is 134 cm³/mol. The summed E-state index contributed by atoms with van der Waals surface area (Å²) in [5.41, 5.74) is 2.91. The highest BCUT2D eigenvalue weighted by atomic mass is 19.4. The first-order valence-corrected chi connectivity index (χ1v) is 11.4. The summed E-state index contributed by atoms with van der Waals surface area (Å²) < 4.78 is 57.5. The van der Waals surface area contributed by atoms with E-state index in [1.165, 1.54) is 58.3 Å². The number of nitrogens with one attached hydrogen (secondary N) is 2. The molecular weight excluding hydrogens is 518 g/mol. The molecule has 9 nitrogen and oxygen atoms in total. The first-order chi connectivity index (χ1) is 18.6. The minimum absolute atomic E-state index is 0.341. The SMILES string of the molecule is Cc1ccc(F)cc1-n1nccc1NC(=O)Nc1ccc(-c2ncn(-c3ccc(OC(F)(F)F)cc3)n2)cc1. The molecule has 0 spiro atoms. The van der Waals surface area contributed by atoms with Crippen molar-refractivity contribution in [1.29, 1.82) is 0 Å². The van der Waals surface area contributed by atoms with Crippen molar-refractivity contribution in [2.45, 2.75) is 13.3 Å². The van der Waals surface area contributed by atoms with Gasteiger partial charge in [0.05, 0.1) is 17.6 Å². The zero-order valence-corrected chi connectivity index (χ0v) is 20.1. The third-order valence-corrected chi connectivity index (χ3v) is 5.51. The average molecular weight is 537 g/mol. The molecule has 2 N–H and O–H groups in total. The highest BCUT2D eigenvalue weighted by molar-refractivity contribution is 5.99. The number of nitrogens with zero attached hydrogens (tertiary/aromatic N) is 5. The maximum atomic E-state index is 13.7. The van der Waals surface area contributed by atoms with Gasteiger partial charge in [0.15, 0.2) is 5.82 Å². The quantitative estimate of drug-likeness (QED) is 0.255. The van der Waals surface area contributed by atoms with E-state index in [0.717, 1.165) is 5.56 Å². The minimum atomic E-state index is -4.77. The second kappa shape index (κ2) is 10.3. The number of carbonyl (C=O) groups excluding carboxylic acids is 1. The fourth-order valence-corrected chi connectivity index (χ4v) is 3.70. The molecule has 0 bridgehead atoms. The normalized spacial score (nSPS) is 11.3. The molecule has 0 saturated carbocycles. The summed E-state index contributed by atoms with van der Waals surface area (Å²) in [6.07, 6.45) is -1.85. The Bertz CT molecular complexity index is 1610. The molecule has 2 heterocycles. The van der Waals surface area contributed by atoms with Gasteiger partial charge in [0.25, 0.3) is 0 Å². The van der Waals surface area contributed by atoms with Crippen LogP contribution in [0.2, 0.25) is 0 Å². The summed E-state index contributed by atoms with van der Waals surface area (Å²) in [7, 11) is 0. The van der Waals surface area contributed by atoms with Crippen LogP contribution in [0.1, 0.15) is 5.56 Å². The smallest absolute Gasteiger partial charge is 0.406 e. The fourth-order valence-electron chi connectivity index (χ4n) is 3.70. The van der Waals surface area contributed by atoms with Crippen LogP contribution in [-0.4, -0.2) is 36.9 Å². The molecule has 5 rings (SSSR count). The van der Waals surface area contributed by atoms with Crippen molar-refractivity contribution in [3.8, 4) is 28.5 Å². The van der Waals surface area contributed by atoms with E-state index in [0.29, 0.717) is 34.3 Å². The maximum Gasteiger partial charge on any atom is 0.573 e. The molecular formula is C26H19F4N7O2. The predicted octanol–water partition coefficient (Wildman–Crippen LogP) is 6.11. The van der Waals surface area contributed by atoms with Gasteiger partial charge in [0.2, 0.25) is 0 Å². The number of hydrogen-bond acceptors (Lipinski definition) is 5. The molecule has 13 heteroatoms. The van der Waals surface area contributed by atoms with E-state index in [9.17, 15) is 22.4 Å². The molecule has 2 amide bonds. The second-order valence-corrected chi connectivity index (χ2v) is 8.27. The second-order valence-electron chi connectivity index (χ2n) is 8.27. The van der Waals surface area contributed by atoms with Crippen molar-refractivity contribution in [2.75, 3.05) is 10.6 Å². The number of carbonyl (C=O) groups is 1. The number of alkyl halides is 3. The molecule has 0 aliphatic carbocycles. The average Bonchev–Trinajstić information content (AvgIpc) is 3.56. The van der Waals surface area contributed by atoms with Gasteiger partial charge in [-0.05, 0) is 73.2 Å². The molecule has 2 aromatic heterocycles. The Hall–Kier alpha value is -5.20. The number of rotatable bonds is 6. The molecule has 0 saturated heterocycles. The molecule has 5 aromatic rings. The number of hydrogen-bond donors (Lipinski definition) is 2. The van der Waals surface area contributed by atoms with Crippen LogP contribution >= 0.6 is 0 Å². The third kappa shape index (κ3) is 6.04. The summed E-state index contributed by atoms with van der Waals surface area (Å²) in [6, 6.07) is 17.3. The van der Waals surface area contributed by atoms with Gasteiger partial charge in [-0.2, -0.15) is 5.10 Å². The Morgan fingerprint density at radius 2 is 1.69 bits per heavy atom. The Morgan fingerprint density at radius 3 is 2.41 bits per heavy atom. The molecule has 0 atom stereocenters. The number of aryl methyl sites for hydroxylation is 1. The van der Waals surface area contributed by atoms with Gasteiger partial charge in [0.1, 0.15) is 23.7 Å². The Morgan fingerprint density at radius 1 is 0.949 bits per heavy atom. The topological polar surface area (TPSA) is 98.9 Å². The summed E-state index contributed by atoms with van der Waals surface area (Å²) in [6.45, 7) is 1.81. The number of benzene rings is 3. The zero-order chi connectivity index (χ0) is 27.6. The van der Waals surface area contributed by atoms with Gasteiger partial charge in [0, 0.05) is 17.3 Å². The zero-order valence-electron chi connectivity index (χ0n) is 20.1. The van der Waals surface area contributed by atoms with Gasteiger partial charge < -0.3 is 10.1 Å². The van der Waals surface area contributed by atoms with Gasteiger partial charge in [-0.25, -0.2) is 23.5 Å². The Balaban J connectivity index is 1.23. The number of ether oxygens (including phenoxy) is 1. The Labute approximate surface area is 218 Å². The summed E-state index contributed by atoms with van der Waals surface area (Å²) in [5.74, 6) is -0.0388. The van der Waals surface area contributed by atoms with Crippen molar-refractivity contribution in [2.24, 2.45) is 0 Å². The van der Waals surface area contributed by atoms with Crippen LogP contribution in [0, 0.1) is 12.7 Å². The number of urea groups is 1. The molecule has 0 unspecified atom stereocenters. The van der Waals surface area contributed by atoms with Crippen molar-refractivity contribution in [3.63, 3.8) is 0 Å². The first-order valence-electron chi connectivity index (χ1n) is 11.4. The van der Waals surface area contributed by atoms with Gasteiger partial charge >= 0.3 is 12.4 Å². The lowest BCUT2D eigenvalue weighted by atomic mass is 10.2. The van der Waals surface area contributed by atoms with E-state index >= 15 is 0 Å². The van der Waals surface area contributed by atoms with Crippen LogP contribution in [0.3, 0.4) is 0 Å². The summed E-state index contributed by atoms with van der Waals surface area (Å²) in [5, 5.41) is 13.9. The van der Waals surface area contributed by atoms with Crippen LogP contribution in [0.5, 0.6) is 5.75 Å². The van der Waals surface area contributed by atoms with Gasteiger partial charge in [-0.15, -0.1) is 18.3 Å². The molecule has 198 valence electrons. The molecule has 3 aromatic carbocycles. The van der Waals surface area contributed by atoms with Crippen LogP contribution in [0.15, 0.2) is 85.3 Å². The van der Waals surface area contributed by atoms with Gasteiger partial charge in [-0.1, -0.05) is 6.07 Å². The monoisotopic (exact) mass is 537 g/mol. The lowest BCUT2D eigenvalue weighted by molar-refractivity contribution is -0.274. The van der Waals surface area contributed by atoms with E-state index in [1.54, 1.807) is 36.4 Å². The molecule has 0 aliphatic heterocycles. The molecule has 0 radical (unpaired) electrons. The third-order valence-electron chi connectivity index (χ3n) is 5.51. The van der Waals surface area contributed by atoms with E-state index in [2.05, 4.69) is 30.6 Å². The summed E-state index contributed by atoms with van der Waals surface area (Å²) in [4.78, 5) is 16.8. The van der Waals surface area contributed by atoms with Crippen LogP contribution in [0.25, 0.3) is 22.8 Å². The van der Waals surface area contributed by atoms with Crippen LogP contribution < -0.4 is 15.4 Å². The molecule has 0 fully saturated rings. The largest absolute Gasteiger partial charge is 0.573 e. The number of aromatic nitrogens is 5. The summed E-state index contributed by atoms with van der Waals surface area (Å²) >= 11 is 0.